The normalized spacial score (nSPS) is 12.6. The molecule has 7 heteroatoms. The van der Waals surface area contributed by atoms with E-state index in [4.69, 9.17) is 5.84 Å². The molecule has 1 amide bonds. The van der Waals surface area contributed by atoms with Crippen LogP contribution in [0.4, 0.5) is 5.69 Å². The van der Waals surface area contributed by atoms with Gasteiger partial charge in [-0.1, -0.05) is 68.9 Å². The highest BCUT2D eigenvalue weighted by molar-refractivity contribution is 8.00. The van der Waals surface area contributed by atoms with Gasteiger partial charge in [0.25, 0.3) is 0 Å². The molecule has 6 nitrogen and oxygen atoms in total. The van der Waals surface area contributed by atoms with Crippen LogP contribution in [0.3, 0.4) is 0 Å². The fraction of sp³-hybridized carbons (Fsp3) is 0.318. The van der Waals surface area contributed by atoms with Crippen molar-refractivity contribution >= 4 is 23.4 Å². The maximum atomic E-state index is 12.5. The third kappa shape index (κ3) is 4.98. The highest BCUT2D eigenvalue weighted by Crippen LogP contribution is 2.28. The van der Waals surface area contributed by atoms with Crippen molar-refractivity contribution < 1.29 is 4.79 Å². The minimum atomic E-state index is -0.377. The number of nitrogen functional groups attached to an aromatic ring is 1. The van der Waals surface area contributed by atoms with Crippen molar-refractivity contribution in [1.29, 1.82) is 0 Å². The monoisotopic (exact) mass is 409 g/mol. The van der Waals surface area contributed by atoms with E-state index in [1.165, 1.54) is 22.0 Å². The maximum absolute atomic E-state index is 12.5. The summed E-state index contributed by atoms with van der Waals surface area (Å²) in [5.74, 6) is 6.68. The first kappa shape index (κ1) is 20.9. The standard InChI is InChI=1S/C22H27N5OS/c1-14-7-6-8-18(13-14)24-20(28)15(2)29-21-26-25-19(27(21)23)16-9-11-17(12-10-16)22(3,4)5/h6-13,15H,23H2,1-5H3,(H,24,28). The van der Waals surface area contributed by atoms with Crippen LogP contribution in [0.5, 0.6) is 0 Å². The van der Waals surface area contributed by atoms with Gasteiger partial charge in [-0.3, -0.25) is 4.79 Å². The summed E-state index contributed by atoms with van der Waals surface area (Å²) in [6.45, 7) is 10.3. The summed E-state index contributed by atoms with van der Waals surface area (Å²) < 4.78 is 1.44. The second-order valence-corrected chi connectivity index (χ2v) is 9.43. The van der Waals surface area contributed by atoms with Gasteiger partial charge in [0, 0.05) is 11.3 Å². The molecular weight excluding hydrogens is 382 g/mol. The van der Waals surface area contributed by atoms with Crippen LogP contribution in [0.1, 0.15) is 38.8 Å². The minimum Gasteiger partial charge on any atom is -0.335 e. The van der Waals surface area contributed by atoms with Crippen molar-refractivity contribution in [2.75, 3.05) is 11.2 Å². The third-order valence-corrected chi connectivity index (χ3v) is 5.67. The molecule has 3 aromatic rings. The number of hydrogen-bond acceptors (Lipinski definition) is 5. The second kappa shape index (κ2) is 8.29. The number of nitrogens with one attached hydrogen (secondary N) is 1. The van der Waals surface area contributed by atoms with Crippen molar-refractivity contribution in [2.45, 2.75) is 50.4 Å². The number of amides is 1. The number of carbonyl (C=O) groups excluding carboxylic acids is 1. The van der Waals surface area contributed by atoms with Crippen molar-refractivity contribution in [3.63, 3.8) is 0 Å². The molecule has 152 valence electrons. The lowest BCUT2D eigenvalue weighted by Gasteiger charge is -2.19. The largest absolute Gasteiger partial charge is 0.335 e. The van der Waals surface area contributed by atoms with E-state index < -0.39 is 0 Å². The number of anilines is 1. The van der Waals surface area contributed by atoms with Gasteiger partial charge in [0.2, 0.25) is 11.1 Å². The van der Waals surface area contributed by atoms with Gasteiger partial charge < -0.3 is 11.2 Å². The molecule has 0 spiro atoms. The number of aromatic nitrogens is 3. The molecule has 29 heavy (non-hydrogen) atoms. The number of benzene rings is 2. The summed E-state index contributed by atoms with van der Waals surface area (Å²) >= 11 is 1.28. The molecule has 0 fully saturated rings. The molecule has 3 N–H and O–H groups in total. The molecule has 0 bridgehead atoms. The van der Waals surface area contributed by atoms with E-state index in [1.807, 2.05) is 50.2 Å². The molecule has 3 rings (SSSR count). The van der Waals surface area contributed by atoms with Crippen molar-refractivity contribution in [3.8, 4) is 11.4 Å². The highest BCUT2D eigenvalue weighted by atomic mass is 32.2. The Bertz CT molecular complexity index is 1000. The third-order valence-electron chi connectivity index (χ3n) is 4.61. The van der Waals surface area contributed by atoms with E-state index in [0.717, 1.165) is 16.8 Å². The molecule has 0 aliphatic heterocycles. The number of nitrogens with zero attached hydrogens (tertiary/aromatic N) is 3. The lowest BCUT2D eigenvalue weighted by molar-refractivity contribution is -0.115. The zero-order valence-electron chi connectivity index (χ0n) is 17.4. The molecule has 1 aromatic heterocycles. The van der Waals surface area contributed by atoms with Gasteiger partial charge in [0.05, 0.1) is 5.25 Å². The molecule has 1 atom stereocenters. The zero-order valence-corrected chi connectivity index (χ0v) is 18.2. The molecule has 0 radical (unpaired) electrons. The van der Waals surface area contributed by atoms with E-state index in [0.29, 0.717) is 11.0 Å². The number of hydrogen-bond donors (Lipinski definition) is 2. The molecule has 0 saturated carbocycles. The van der Waals surface area contributed by atoms with Crippen molar-refractivity contribution in [1.82, 2.24) is 14.9 Å². The lowest BCUT2D eigenvalue weighted by Crippen LogP contribution is -2.23. The van der Waals surface area contributed by atoms with E-state index in [-0.39, 0.29) is 16.6 Å². The smallest absolute Gasteiger partial charge is 0.237 e. The van der Waals surface area contributed by atoms with E-state index in [2.05, 4.69) is 48.4 Å². The Kier molecular flexibility index (Phi) is 5.98. The Morgan fingerprint density at radius 1 is 1.14 bits per heavy atom. The van der Waals surface area contributed by atoms with Crippen LogP contribution in [-0.4, -0.2) is 26.0 Å². The summed E-state index contributed by atoms with van der Waals surface area (Å²) in [6.07, 6.45) is 0. The number of rotatable bonds is 5. The summed E-state index contributed by atoms with van der Waals surface area (Å²) in [5, 5.41) is 11.4. The number of thioether (sulfide) groups is 1. The Labute approximate surface area is 175 Å². The first-order chi connectivity index (χ1) is 13.6. The zero-order chi connectivity index (χ0) is 21.2. The van der Waals surface area contributed by atoms with E-state index in [1.54, 1.807) is 0 Å². The van der Waals surface area contributed by atoms with Crippen LogP contribution in [-0.2, 0) is 10.2 Å². The van der Waals surface area contributed by atoms with Gasteiger partial charge in [-0.05, 0) is 42.5 Å². The highest BCUT2D eigenvalue weighted by Gasteiger charge is 2.20. The summed E-state index contributed by atoms with van der Waals surface area (Å²) in [4.78, 5) is 12.5. The molecule has 1 heterocycles. The lowest BCUT2D eigenvalue weighted by atomic mass is 9.87. The van der Waals surface area contributed by atoms with Crippen LogP contribution in [0, 0.1) is 6.92 Å². The Balaban J connectivity index is 1.71. The average Bonchev–Trinajstić information content (AvgIpc) is 3.01. The Morgan fingerprint density at radius 3 is 2.45 bits per heavy atom. The summed E-state index contributed by atoms with van der Waals surface area (Å²) in [6, 6.07) is 15.8. The Morgan fingerprint density at radius 2 is 1.83 bits per heavy atom. The van der Waals surface area contributed by atoms with Crippen LogP contribution < -0.4 is 11.2 Å². The topological polar surface area (TPSA) is 85.8 Å². The van der Waals surface area contributed by atoms with Crippen LogP contribution >= 0.6 is 11.8 Å². The maximum Gasteiger partial charge on any atom is 0.237 e. The fourth-order valence-corrected chi connectivity index (χ4v) is 3.62. The minimum absolute atomic E-state index is 0.0794. The molecular formula is C22H27N5OS. The molecule has 2 aromatic carbocycles. The van der Waals surface area contributed by atoms with Crippen LogP contribution in [0.15, 0.2) is 53.7 Å². The number of carbonyl (C=O) groups is 1. The van der Waals surface area contributed by atoms with Gasteiger partial charge in [-0.25, -0.2) is 4.68 Å². The van der Waals surface area contributed by atoms with Gasteiger partial charge >= 0.3 is 0 Å². The Hall–Kier alpha value is -2.80. The molecule has 0 saturated heterocycles. The summed E-state index contributed by atoms with van der Waals surface area (Å²) in [7, 11) is 0. The quantitative estimate of drug-likeness (QED) is 0.482. The molecule has 0 aliphatic rings. The number of nitrogens with two attached hydrogens (primary N) is 1. The average molecular weight is 410 g/mol. The predicted octanol–water partition coefficient (Wildman–Crippen LogP) is 4.38. The predicted molar refractivity (Wildman–Crippen MR) is 119 cm³/mol. The second-order valence-electron chi connectivity index (χ2n) is 8.12. The first-order valence-electron chi connectivity index (χ1n) is 9.51. The SMILES string of the molecule is Cc1cccc(NC(=O)C(C)Sc2nnc(-c3ccc(C(C)(C)C)cc3)n2N)c1. The van der Waals surface area contributed by atoms with E-state index in [9.17, 15) is 4.79 Å². The van der Waals surface area contributed by atoms with Crippen molar-refractivity contribution in [2.24, 2.45) is 0 Å². The van der Waals surface area contributed by atoms with Gasteiger partial charge in [-0.15, -0.1) is 10.2 Å². The van der Waals surface area contributed by atoms with Crippen molar-refractivity contribution in [3.05, 3.63) is 59.7 Å². The first-order valence-corrected chi connectivity index (χ1v) is 10.4. The van der Waals surface area contributed by atoms with E-state index >= 15 is 0 Å². The van der Waals surface area contributed by atoms with Crippen LogP contribution in [0.25, 0.3) is 11.4 Å². The summed E-state index contributed by atoms with van der Waals surface area (Å²) in [5.41, 5.74) is 4.07. The molecule has 1 unspecified atom stereocenters. The van der Waals surface area contributed by atoms with Gasteiger partial charge in [0.15, 0.2) is 5.82 Å². The van der Waals surface area contributed by atoms with Gasteiger partial charge in [-0.2, -0.15) is 0 Å². The van der Waals surface area contributed by atoms with Gasteiger partial charge in [0.1, 0.15) is 0 Å². The molecule has 0 aliphatic carbocycles. The fourth-order valence-electron chi connectivity index (χ4n) is 2.85. The number of aryl methyl sites for hydroxylation is 1. The van der Waals surface area contributed by atoms with Crippen LogP contribution in [0.2, 0.25) is 0 Å².